The zero-order valence-electron chi connectivity index (χ0n) is 15.6. The van der Waals surface area contributed by atoms with E-state index in [0.717, 1.165) is 24.1 Å². The first-order valence-electron chi connectivity index (χ1n) is 8.96. The van der Waals surface area contributed by atoms with Gasteiger partial charge in [-0.25, -0.2) is 4.98 Å². The maximum absolute atomic E-state index is 12.4. The van der Waals surface area contributed by atoms with Crippen molar-refractivity contribution in [1.29, 1.82) is 0 Å². The minimum atomic E-state index is -0.136. The van der Waals surface area contributed by atoms with Crippen LogP contribution in [0.3, 0.4) is 0 Å². The molecule has 2 rings (SSSR count). The number of anilines is 2. The number of hydrogen-bond donors (Lipinski definition) is 3. The Labute approximate surface area is 154 Å². The highest BCUT2D eigenvalue weighted by Gasteiger charge is 2.32. The first kappa shape index (κ1) is 19.8. The van der Waals surface area contributed by atoms with Crippen molar-refractivity contribution >= 4 is 29.5 Å². The van der Waals surface area contributed by atoms with Gasteiger partial charge in [0.25, 0.3) is 5.91 Å². The van der Waals surface area contributed by atoms with E-state index in [2.05, 4.69) is 36.4 Å². The summed E-state index contributed by atoms with van der Waals surface area (Å²) >= 11 is 1.67. The number of aliphatic hydroxyl groups excluding tert-OH is 1. The Morgan fingerprint density at radius 3 is 2.80 bits per heavy atom. The van der Waals surface area contributed by atoms with E-state index in [1.165, 1.54) is 6.42 Å². The molecule has 1 aromatic rings. The van der Waals surface area contributed by atoms with E-state index in [0.29, 0.717) is 29.7 Å². The summed E-state index contributed by atoms with van der Waals surface area (Å²) in [6.07, 6.45) is 1.81. The highest BCUT2D eigenvalue weighted by Crippen LogP contribution is 2.37. The van der Waals surface area contributed by atoms with Gasteiger partial charge in [0, 0.05) is 37.6 Å². The number of amides is 1. The summed E-state index contributed by atoms with van der Waals surface area (Å²) in [5.41, 5.74) is 0.588. The predicted molar refractivity (Wildman–Crippen MR) is 105 cm³/mol. The van der Waals surface area contributed by atoms with Gasteiger partial charge in [0.2, 0.25) is 0 Å². The average molecular weight is 367 g/mol. The van der Waals surface area contributed by atoms with E-state index >= 15 is 0 Å². The molecule has 7 heteroatoms. The Hall–Kier alpha value is -1.47. The van der Waals surface area contributed by atoms with E-state index < -0.39 is 0 Å². The van der Waals surface area contributed by atoms with Crippen LogP contribution in [0.5, 0.6) is 0 Å². The van der Waals surface area contributed by atoms with Crippen LogP contribution in [-0.4, -0.2) is 48.0 Å². The van der Waals surface area contributed by atoms with Crippen LogP contribution < -0.4 is 14.9 Å². The van der Waals surface area contributed by atoms with Gasteiger partial charge in [-0.3, -0.25) is 4.79 Å². The van der Waals surface area contributed by atoms with Crippen LogP contribution >= 0.6 is 11.9 Å². The fraction of sp³-hybridized carbons (Fsp3) is 0.667. The monoisotopic (exact) mass is 366 g/mol. The molecule has 0 aromatic carbocycles. The highest BCUT2D eigenvalue weighted by atomic mass is 32.2. The van der Waals surface area contributed by atoms with Gasteiger partial charge in [0.1, 0.15) is 11.6 Å². The summed E-state index contributed by atoms with van der Waals surface area (Å²) in [5.74, 6) is 2.84. The Balaban J connectivity index is 2.12. The quantitative estimate of drug-likeness (QED) is 0.437. The Morgan fingerprint density at radius 2 is 2.20 bits per heavy atom. The van der Waals surface area contributed by atoms with E-state index in [-0.39, 0.29) is 12.5 Å². The standard InChI is InChI=1S/C18H30N4O2S/c1-12(2)25-22(4)17-10-14(18(24)19-6-5-7-23)9-16(21-17)20-11-15-8-13(15)3/h9-10,12-13,15,23H,5-8,11H2,1-4H3,(H,19,24)(H,20,21)/t13-,15+/m0/s1. The summed E-state index contributed by atoms with van der Waals surface area (Å²) in [4.78, 5) is 17.1. The molecular formula is C18H30N4O2S. The lowest BCUT2D eigenvalue weighted by Crippen LogP contribution is -2.26. The summed E-state index contributed by atoms with van der Waals surface area (Å²) < 4.78 is 2.00. The Bertz CT molecular complexity index is 582. The minimum absolute atomic E-state index is 0.0714. The average Bonchev–Trinajstić information content (AvgIpc) is 3.27. The third kappa shape index (κ3) is 6.40. The molecule has 6 nitrogen and oxygen atoms in total. The minimum Gasteiger partial charge on any atom is -0.396 e. The van der Waals surface area contributed by atoms with Gasteiger partial charge in [0.15, 0.2) is 0 Å². The van der Waals surface area contributed by atoms with Crippen LogP contribution in [-0.2, 0) is 0 Å². The van der Waals surface area contributed by atoms with Crippen LogP contribution in [0.2, 0.25) is 0 Å². The molecule has 1 heterocycles. The van der Waals surface area contributed by atoms with Crippen LogP contribution in [0.25, 0.3) is 0 Å². The summed E-state index contributed by atoms with van der Waals surface area (Å²) in [7, 11) is 1.97. The van der Waals surface area contributed by atoms with Crippen LogP contribution in [0.1, 0.15) is 44.0 Å². The van der Waals surface area contributed by atoms with Gasteiger partial charge in [-0.2, -0.15) is 0 Å². The molecule has 1 aliphatic rings. The number of carbonyl (C=O) groups excluding carboxylic acids is 1. The van der Waals surface area contributed by atoms with Crippen LogP contribution in [0, 0.1) is 11.8 Å². The SMILES string of the molecule is CC(C)SN(C)c1cc(C(=O)NCCCO)cc(NC[C@H]2C[C@@H]2C)n1. The van der Waals surface area contributed by atoms with Crippen molar-refractivity contribution in [3.05, 3.63) is 17.7 Å². The van der Waals surface area contributed by atoms with Gasteiger partial charge in [0.05, 0.1) is 0 Å². The van der Waals surface area contributed by atoms with Gasteiger partial charge < -0.3 is 20.0 Å². The fourth-order valence-electron chi connectivity index (χ4n) is 2.57. The predicted octanol–water partition coefficient (Wildman–Crippen LogP) is 2.75. The largest absolute Gasteiger partial charge is 0.396 e. The molecule has 1 aromatic heterocycles. The number of pyridine rings is 1. The lowest BCUT2D eigenvalue weighted by atomic mass is 10.2. The van der Waals surface area contributed by atoms with E-state index in [9.17, 15) is 4.79 Å². The Morgan fingerprint density at radius 1 is 1.48 bits per heavy atom. The van der Waals surface area contributed by atoms with Crippen LogP contribution in [0.4, 0.5) is 11.6 Å². The maximum atomic E-state index is 12.4. The van der Waals surface area contributed by atoms with Gasteiger partial charge in [-0.05, 0) is 48.8 Å². The number of aliphatic hydroxyl groups is 1. The molecule has 0 unspecified atom stereocenters. The van der Waals surface area contributed by atoms with E-state index in [1.54, 1.807) is 18.0 Å². The van der Waals surface area contributed by atoms with Crippen molar-refractivity contribution in [2.24, 2.45) is 11.8 Å². The van der Waals surface area contributed by atoms with Gasteiger partial charge in [-0.15, -0.1) is 0 Å². The zero-order chi connectivity index (χ0) is 18.4. The first-order valence-corrected chi connectivity index (χ1v) is 9.80. The number of nitrogens with one attached hydrogen (secondary N) is 2. The first-order chi connectivity index (χ1) is 11.9. The molecule has 0 aliphatic heterocycles. The van der Waals surface area contributed by atoms with E-state index in [4.69, 9.17) is 5.11 Å². The topological polar surface area (TPSA) is 77.5 Å². The molecule has 0 spiro atoms. The lowest BCUT2D eigenvalue weighted by molar-refractivity contribution is 0.0951. The zero-order valence-corrected chi connectivity index (χ0v) is 16.4. The summed E-state index contributed by atoms with van der Waals surface area (Å²) in [5, 5.41) is 15.5. The van der Waals surface area contributed by atoms with Gasteiger partial charge >= 0.3 is 0 Å². The van der Waals surface area contributed by atoms with Crippen molar-refractivity contribution in [2.75, 3.05) is 36.4 Å². The Kier molecular flexibility index (Phi) is 7.38. The number of aromatic nitrogens is 1. The molecule has 1 amide bonds. The second-order valence-corrected chi connectivity index (χ2v) is 8.64. The van der Waals surface area contributed by atoms with Crippen LogP contribution in [0.15, 0.2) is 12.1 Å². The molecule has 1 saturated carbocycles. The molecule has 0 saturated heterocycles. The van der Waals surface area contributed by atoms with E-state index in [1.807, 2.05) is 17.4 Å². The highest BCUT2D eigenvalue weighted by molar-refractivity contribution is 8.01. The molecule has 2 atom stereocenters. The number of nitrogens with zero attached hydrogens (tertiary/aromatic N) is 2. The molecule has 0 radical (unpaired) electrons. The smallest absolute Gasteiger partial charge is 0.251 e. The van der Waals surface area contributed by atoms with Gasteiger partial charge in [-0.1, -0.05) is 20.8 Å². The number of rotatable bonds is 10. The molecular weight excluding hydrogens is 336 g/mol. The molecule has 25 heavy (non-hydrogen) atoms. The molecule has 3 N–H and O–H groups in total. The van der Waals surface area contributed by atoms with Crippen molar-refractivity contribution in [1.82, 2.24) is 10.3 Å². The van der Waals surface area contributed by atoms with Crippen molar-refractivity contribution < 1.29 is 9.90 Å². The summed E-state index contributed by atoms with van der Waals surface area (Å²) in [6.45, 7) is 7.93. The molecule has 140 valence electrons. The lowest BCUT2D eigenvalue weighted by Gasteiger charge is -2.20. The van der Waals surface area contributed by atoms with Crippen molar-refractivity contribution in [2.45, 2.75) is 38.9 Å². The number of carbonyl (C=O) groups is 1. The van der Waals surface area contributed by atoms with Crippen molar-refractivity contribution in [3.8, 4) is 0 Å². The molecule has 1 fully saturated rings. The maximum Gasteiger partial charge on any atom is 0.251 e. The molecule has 1 aliphatic carbocycles. The second kappa shape index (κ2) is 9.29. The number of hydrogen-bond acceptors (Lipinski definition) is 6. The third-order valence-corrected chi connectivity index (χ3v) is 5.13. The second-order valence-electron chi connectivity index (χ2n) is 6.94. The fourth-order valence-corrected chi connectivity index (χ4v) is 3.41. The third-order valence-electron chi connectivity index (χ3n) is 4.21. The normalized spacial score (nSPS) is 19.0. The summed E-state index contributed by atoms with van der Waals surface area (Å²) in [6, 6.07) is 3.62. The molecule has 0 bridgehead atoms. The van der Waals surface area contributed by atoms with Crippen molar-refractivity contribution in [3.63, 3.8) is 0 Å².